The average Bonchev–Trinajstić information content (AvgIpc) is 1.85. The van der Waals surface area contributed by atoms with Crippen molar-refractivity contribution in [3.05, 3.63) is 11.8 Å². The summed E-state index contributed by atoms with van der Waals surface area (Å²) >= 11 is 2.34. The predicted molar refractivity (Wildman–Crippen MR) is 45.3 cm³/mol. The van der Waals surface area contributed by atoms with Crippen LogP contribution in [0.4, 0.5) is 4.20 Å². The van der Waals surface area contributed by atoms with Crippen LogP contribution in [0.5, 0.6) is 0 Å². The van der Waals surface area contributed by atoms with Crippen molar-refractivity contribution in [2.45, 2.75) is 25.7 Å². The smallest absolute Gasteiger partial charge is 0.419 e. The van der Waals surface area contributed by atoms with Crippen LogP contribution in [0.2, 0.25) is 0 Å². The van der Waals surface area contributed by atoms with Crippen LogP contribution in [0.15, 0.2) is 11.8 Å². The molecule has 1 atom stereocenters. The normalized spacial score (nSPS) is 23.6. The van der Waals surface area contributed by atoms with Crippen LogP contribution in [0.25, 0.3) is 0 Å². The molecule has 1 aliphatic rings. The lowest BCUT2D eigenvalue weighted by molar-refractivity contribution is 0.358. The molecule has 0 fully saturated rings. The maximum absolute atomic E-state index is 12.4. The molecule has 5 heteroatoms. The molecule has 11 heavy (non-hydrogen) atoms. The van der Waals surface area contributed by atoms with Gasteiger partial charge in [-0.15, -0.1) is 4.20 Å². The number of hydrogen-bond acceptors (Lipinski definition) is 2. The van der Waals surface area contributed by atoms with E-state index in [1.165, 1.54) is 0 Å². The highest BCUT2D eigenvalue weighted by Crippen LogP contribution is 2.58. The number of allylic oxidation sites excluding steroid dienone is 2. The van der Waals surface area contributed by atoms with E-state index >= 15 is 0 Å². The zero-order chi connectivity index (χ0) is 8.32. The van der Waals surface area contributed by atoms with E-state index in [0.717, 1.165) is 19.3 Å². The van der Waals surface area contributed by atoms with Crippen molar-refractivity contribution in [3.8, 4) is 0 Å². The van der Waals surface area contributed by atoms with E-state index in [1.54, 1.807) is 6.08 Å². The predicted octanol–water partition coefficient (Wildman–Crippen LogP) is 3.93. The molecule has 1 aliphatic carbocycles. The lowest BCUT2D eigenvalue weighted by atomic mass is 10.1. The van der Waals surface area contributed by atoms with Crippen molar-refractivity contribution in [1.82, 2.24) is 0 Å². The Kier molecular flexibility index (Phi) is 3.14. The van der Waals surface area contributed by atoms with Gasteiger partial charge in [0.25, 0.3) is 0 Å². The third-order valence-electron chi connectivity index (χ3n) is 1.47. The lowest BCUT2D eigenvalue weighted by Crippen LogP contribution is -1.92. The Labute approximate surface area is 73.1 Å². The molecule has 1 rings (SSSR count). The highest BCUT2D eigenvalue weighted by Gasteiger charge is 2.20. The van der Waals surface area contributed by atoms with Gasteiger partial charge in [-0.05, 0) is 25.3 Å². The molecule has 0 aromatic carbocycles. The Balaban J connectivity index is 2.48. The second-order valence-corrected chi connectivity index (χ2v) is 5.98. The summed E-state index contributed by atoms with van der Waals surface area (Å²) < 4.78 is 27.4. The van der Waals surface area contributed by atoms with Crippen molar-refractivity contribution in [3.63, 3.8) is 0 Å². The van der Waals surface area contributed by atoms with Crippen LogP contribution in [0, 0.1) is 0 Å². The summed E-state index contributed by atoms with van der Waals surface area (Å²) in [6.45, 7) is 0. The lowest BCUT2D eigenvalue weighted by Gasteiger charge is -2.13. The van der Waals surface area contributed by atoms with E-state index in [0.29, 0.717) is 12.2 Å². The van der Waals surface area contributed by atoms with Gasteiger partial charge in [0.05, 0.1) is 15.5 Å². The average molecular weight is 243 g/mol. The second-order valence-electron chi connectivity index (χ2n) is 2.42. The third kappa shape index (κ3) is 3.92. The SMILES string of the molecule is O=P(F)(Br)OC1=CCCCC1. The largest absolute Gasteiger partial charge is 0.483 e. The van der Waals surface area contributed by atoms with E-state index in [-0.39, 0.29) is 0 Å². The molecule has 2 nitrogen and oxygen atoms in total. The standard InChI is InChI=1S/C6H9BrFO2P/c7-11(8,9)10-6-4-2-1-3-5-6/h4H,1-3,5H2. The molecule has 0 amide bonds. The minimum absolute atomic E-state index is 0.513. The topological polar surface area (TPSA) is 26.3 Å². The van der Waals surface area contributed by atoms with Gasteiger partial charge in [-0.3, -0.25) is 0 Å². The molecule has 0 N–H and O–H groups in total. The molecule has 0 spiro atoms. The molecule has 0 bridgehead atoms. The minimum atomic E-state index is -3.99. The Hall–Kier alpha value is 0.180. The van der Waals surface area contributed by atoms with Crippen LogP contribution in [-0.2, 0) is 9.09 Å². The number of rotatable bonds is 2. The molecule has 0 aromatic heterocycles. The first-order chi connectivity index (χ1) is 5.08. The maximum atomic E-state index is 12.4. The molecule has 0 radical (unpaired) electrons. The summed E-state index contributed by atoms with van der Waals surface area (Å²) in [7, 11) is 0. The quantitative estimate of drug-likeness (QED) is 0.686. The fraction of sp³-hybridized carbons (Fsp3) is 0.667. The van der Waals surface area contributed by atoms with Gasteiger partial charge in [0, 0.05) is 6.42 Å². The van der Waals surface area contributed by atoms with Crippen molar-refractivity contribution in [2.24, 2.45) is 0 Å². The van der Waals surface area contributed by atoms with Crippen LogP contribution < -0.4 is 0 Å². The molecule has 0 heterocycles. The first-order valence-electron chi connectivity index (χ1n) is 3.46. The summed E-state index contributed by atoms with van der Waals surface area (Å²) in [4.78, 5) is 0. The van der Waals surface area contributed by atoms with Gasteiger partial charge in [-0.25, -0.2) is 4.57 Å². The minimum Gasteiger partial charge on any atom is -0.419 e. The second kappa shape index (κ2) is 3.72. The zero-order valence-electron chi connectivity index (χ0n) is 5.93. The van der Waals surface area contributed by atoms with Crippen molar-refractivity contribution in [2.75, 3.05) is 0 Å². The van der Waals surface area contributed by atoms with E-state index in [2.05, 4.69) is 20.0 Å². The number of hydrogen-bond donors (Lipinski definition) is 0. The van der Waals surface area contributed by atoms with Crippen LogP contribution >= 0.6 is 21.9 Å². The first-order valence-corrected chi connectivity index (χ1v) is 6.99. The van der Waals surface area contributed by atoms with Gasteiger partial charge in [0.2, 0.25) is 0 Å². The monoisotopic (exact) mass is 242 g/mol. The van der Waals surface area contributed by atoms with Gasteiger partial charge in [-0.1, -0.05) is 0 Å². The molecule has 0 saturated heterocycles. The highest BCUT2D eigenvalue weighted by atomic mass is 79.9. The summed E-state index contributed by atoms with van der Waals surface area (Å²) in [5, 5.41) is 0. The van der Waals surface area contributed by atoms with Crippen LogP contribution in [-0.4, -0.2) is 0 Å². The van der Waals surface area contributed by atoms with Gasteiger partial charge in [-0.2, -0.15) is 0 Å². The molecule has 0 aromatic rings. The van der Waals surface area contributed by atoms with Crippen LogP contribution in [0.1, 0.15) is 25.7 Å². The summed E-state index contributed by atoms with van der Waals surface area (Å²) in [6.07, 6.45) is 1.47. The molecule has 64 valence electrons. The molecular weight excluding hydrogens is 234 g/mol. The van der Waals surface area contributed by atoms with E-state index in [1.807, 2.05) is 0 Å². The van der Waals surface area contributed by atoms with Gasteiger partial charge >= 0.3 is 6.38 Å². The van der Waals surface area contributed by atoms with Crippen LogP contribution in [0.3, 0.4) is 0 Å². The third-order valence-corrected chi connectivity index (χ3v) is 2.35. The fourth-order valence-electron chi connectivity index (χ4n) is 1.03. The van der Waals surface area contributed by atoms with Crippen molar-refractivity contribution in [1.29, 1.82) is 0 Å². The van der Waals surface area contributed by atoms with E-state index in [9.17, 15) is 8.76 Å². The molecule has 0 saturated carbocycles. The zero-order valence-corrected chi connectivity index (χ0v) is 8.41. The molecule has 1 unspecified atom stereocenters. The van der Waals surface area contributed by atoms with Crippen molar-refractivity contribution >= 4 is 21.9 Å². The Morgan fingerprint density at radius 1 is 1.64 bits per heavy atom. The van der Waals surface area contributed by atoms with Gasteiger partial charge in [0.15, 0.2) is 0 Å². The molecular formula is C6H9BrFO2P. The number of halogens is 2. The molecule has 0 aliphatic heterocycles. The van der Waals surface area contributed by atoms with Gasteiger partial charge in [0.1, 0.15) is 5.76 Å². The summed E-state index contributed by atoms with van der Waals surface area (Å²) in [5.41, 5.74) is 0. The van der Waals surface area contributed by atoms with E-state index in [4.69, 9.17) is 0 Å². The van der Waals surface area contributed by atoms with Gasteiger partial charge < -0.3 is 4.52 Å². The Bertz CT molecular complexity index is 211. The summed E-state index contributed by atoms with van der Waals surface area (Å²) in [6, 6.07) is 0. The summed E-state index contributed by atoms with van der Waals surface area (Å²) in [5.74, 6) is 0.513. The Morgan fingerprint density at radius 2 is 2.36 bits per heavy atom. The fourth-order valence-corrected chi connectivity index (χ4v) is 2.02. The van der Waals surface area contributed by atoms with E-state index < -0.39 is 6.38 Å². The first kappa shape index (κ1) is 9.27. The maximum Gasteiger partial charge on any atom is 0.483 e. The Morgan fingerprint density at radius 3 is 2.82 bits per heavy atom. The highest BCUT2D eigenvalue weighted by molar-refractivity contribution is 9.39. The van der Waals surface area contributed by atoms with Crippen molar-refractivity contribution < 1.29 is 13.3 Å².